The van der Waals surface area contributed by atoms with Gasteiger partial charge in [0, 0.05) is 17.8 Å². The number of rotatable bonds is 4. The van der Waals surface area contributed by atoms with Crippen LogP contribution in [0.25, 0.3) is 0 Å². The van der Waals surface area contributed by atoms with E-state index >= 15 is 0 Å². The van der Waals surface area contributed by atoms with Crippen molar-refractivity contribution >= 4 is 11.6 Å². The average Bonchev–Trinajstić information content (AvgIpc) is 2.42. The molecule has 1 aliphatic carbocycles. The molecule has 0 aromatic heterocycles. The lowest BCUT2D eigenvalue weighted by atomic mass is 9.97. The lowest BCUT2D eigenvalue weighted by molar-refractivity contribution is 0.0953. The Morgan fingerprint density at radius 3 is 2.95 bits per heavy atom. The minimum Gasteiger partial charge on any atom is -0.399 e. The van der Waals surface area contributed by atoms with E-state index in [-0.39, 0.29) is 5.91 Å². The Morgan fingerprint density at radius 1 is 1.37 bits per heavy atom. The summed E-state index contributed by atoms with van der Waals surface area (Å²) >= 11 is 0. The predicted octanol–water partition coefficient (Wildman–Crippen LogP) is 3.20. The van der Waals surface area contributed by atoms with E-state index in [2.05, 4.69) is 11.4 Å². The van der Waals surface area contributed by atoms with Crippen LogP contribution in [0.5, 0.6) is 0 Å². The van der Waals surface area contributed by atoms with Gasteiger partial charge in [-0.25, -0.2) is 0 Å². The number of carbonyl (C=O) groups excluding carboxylic acids is 1. The highest BCUT2D eigenvalue weighted by atomic mass is 16.1. The maximum Gasteiger partial charge on any atom is 0.251 e. The summed E-state index contributed by atoms with van der Waals surface area (Å²) in [6.45, 7) is 2.64. The molecule has 0 radical (unpaired) electrons. The first-order valence-electron chi connectivity index (χ1n) is 6.99. The molecule has 0 aliphatic heterocycles. The summed E-state index contributed by atoms with van der Waals surface area (Å²) in [6, 6.07) is 5.44. The highest BCUT2D eigenvalue weighted by molar-refractivity contribution is 5.96. The Bertz CT molecular complexity index is 492. The van der Waals surface area contributed by atoms with E-state index in [0.717, 1.165) is 12.0 Å². The summed E-state index contributed by atoms with van der Waals surface area (Å²) < 4.78 is 0. The van der Waals surface area contributed by atoms with Crippen LogP contribution in [0.1, 0.15) is 48.0 Å². The van der Waals surface area contributed by atoms with E-state index in [0.29, 0.717) is 17.8 Å². The fourth-order valence-corrected chi connectivity index (χ4v) is 2.45. The zero-order valence-electron chi connectivity index (χ0n) is 11.5. The monoisotopic (exact) mass is 258 g/mol. The summed E-state index contributed by atoms with van der Waals surface area (Å²) in [5.74, 6) is -0.0267. The minimum atomic E-state index is -0.0267. The van der Waals surface area contributed by atoms with Gasteiger partial charge in [0.1, 0.15) is 0 Å². The normalized spacial score (nSPS) is 14.9. The van der Waals surface area contributed by atoms with E-state index in [1.165, 1.54) is 31.3 Å². The van der Waals surface area contributed by atoms with Crippen molar-refractivity contribution in [3.8, 4) is 0 Å². The first-order chi connectivity index (χ1) is 9.16. The summed E-state index contributed by atoms with van der Waals surface area (Å²) in [6.07, 6.45) is 8.26. The molecule has 1 aliphatic rings. The average molecular weight is 258 g/mol. The molecule has 19 heavy (non-hydrogen) atoms. The molecule has 0 saturated heterocycles. The molecule has 102 valence electrons. The van der Waals surface area contributed by atoms with Crippen LogP contribution in [0.4, 0.5) is 5.69 Å². The summed E-state index contributed by atoms with van der Waals surface area (Å²) in [4.78, 5) is 12.1. The molecule has 0 heterocycles. The zero-order chi connectivity index (χ0) is 13.7. The fourth-order valence-electron chi connectivity index (χ4n) is 2.45. The van der Waals surface area contributed by atoms with Crippen LogP contribution in [0.15, 0.2) is 29.8 Å². The number of nitrogens with one attached hydrogen (secondary N) is 1. The van der Waals surface area contributed by atoms with Crippen molar-refractivity contribution in [3.05, 3.63) is 41.0 Å². The number of nitrogens with two attached hydrogens (primary N) is 1. The first kappa shape index (κ1) is 13.7. The number of nitrogen functional groups attached to an aromatic ring is 1. The smallest absolute Gasteiger partial charge is 0.251 e. The van der Waals surface area contributed by atoms with Gasteiger partial charge in [0.15, 0.2) is 0 Å². The molecule has 3 heteroatoms. The van der Waals surface area contributed by atoms with Gasteiger partial charge in [-0.2, -0.15) is 0 Å². The molecule has 1 aromatic rings. The van der Waals surface area contributed by atoms with Gasteiger partial charge in [0.2, 0.25) is 0 Å². The lowest BCUT2D eigenvalue weighted by Crippen LogP contribution is -2.25. The molecular formula is C16H22N2O. The van der Waals surface area contributed by atoms with Gasteiger partial charge in [0.25, 0.3) is 5.91 Å². The van der Waals surface area contributed by atoms with Gasteiger partial charge in [-0.1, -0.05) is 17.7 Å². The van der Waals surface area contributed by atoms with Crippen LogP contribution in [0.2, 0.25) is 0 Å². The molecule has 2 rings (SSSR count). The Balaban J connectivity index is 1.87. The molecule has 3 nitrogen and oxygen atoms in total. The summed E-state index contributed by atoms with van der Waals surface area (Å²) in [7, 11) is 0. The van der Waals surface area contributed by atoms with Crippen LogP contribution in [-0.4, -0.2) is 12.5 Å². The largest absolute Gasteiger partial charge is 0.399 e. The number of allylic oxidation sites excluding steroid dienone is 1. The van der Waals surface area contributed by atoms with Crippen molar-refractivity contribution in [2.24, 2.45) is 0 Å². The third-order valence-corrected chi connectivity index (χ3v) is 3.62. The summed E-state index contributed by atoms with van der Waals surface area (Å²) in [5.41, 5.74) is 9.47. The van der Waals surface area contributed by atoms with Crippen molar-refractivity contribution in [1.82, 2.24) is 5.32 Å². The second kappa shape index (κ2) is 6.41. The standard InChI is InChI=1S/C16H22N2O/c1-12-7-8-14(17)11-15(12)16(19)18-10-9-13-5-3-2-4-6-13/h5,7-8,11H,2-4,6,9-10,17H2,1H3,(H,18,19). The van der Waals surface area contributed by atoms with Crippen LogP contribution in [0, 0.1) is 6.92 Å². The Labute approximate surface area is 114 Å². The number of carbonyl (C=O) groups is 1. The molecule has 0 saturated carbocycles. The van der Waals surface area contributed by atoms with Crippen molar-refractivity contribution in [2.45, 2.75) is 39.0 Å². The highest BCUT2D eigenvalue weighted by Crippen LogP contribution is 2.19. The van der Waals surface area contributed by atoms with E-state index < -0.39 is 0 Å². The molecule has 1 amide bonds. The Hall–Kier alpha value is -1.77. The molecular weight excluding hydrogens is 236 g/mol. The number of amides is 1. The maximum absolute atomic E-state index is 12.1. The van der Waals surface area contributed by atoms with Crippen molar-refractivity contribution in [1.29, 1.82) is 0 Å². The number of anilines is 1. The van der Waals surface area contributed by atoms with E-state index in [9.17, 15) is 4.79 Å². The number of hydrogen-bond acceptors (Lipinski definition) is 2. The zero-order valence-corrected chi connectivity index (χ0v) is 11.5. The molecule has 1 aromatic carbocycles. The molecule has 0 fully saturated rings. The van der Waals surface area contributed by atoms with Crippen LogP contribution in [-0.2, 0) is 0 Å². The minimum absolute atomic E-state index is 0.0267. The molecule has 0 unspecified atom stereocenters. The van der Waals surface area contributed by atoms with Gasteiger partial charge in [0.05, 0.1) is 0 Å². The number of benzene rings is 1. The van der Waals surface area contributed by atoms with Gasteiger partial charge in [-0.15, -0.1) is 0 Å². The van der Waals surface area contributed by atoms with Gasteiger partial charge >= 0.3 is 0 Å². The predicted molar refractivity (Wildman–Crippen MR) is 79.1 cm³/mol. The van der Waals surface area contributed by atoms with E-state index in [4.69, 9.17) is 5.73 Å². The fraction of sp³-hybridized carbons (Fsp3) is 0.438. The maximum atomic E-state index is 12.1. The highest BCUT2D eigenvalue weighted by Gasteiger charge is 2.09. The second-order valence-corrected chi connectivity index (χ2v) is 5.19. The third-order valence-electron chi connectivity index (χ3n) is 3.62. The SMILES string of the molecule is Cc1ccc(N)cc1C(=O)NCCC1=CCCCC1. The second-order valence-electron chi connectivity index (χ2n) is 5.19. The molecule has 3 N–H and O–H groups in total. The molecule has 0 atom stereocenters. The first-order valence-corrected chi connectivity index (χ1v) is 6.99. The third kappa shape index (κ3) is 3.85. The van der Waals surface area contributed by atoms with Crippen molar-refractivity contribution < 1.29 is 4.79 Å². The van der Waals surface area contributed by atoms with Crippen molar-refractivity contribution in [2.75, 3.05) is 12.3 Å². The van der Waals surface area contributed by atoms with E-state index in [1.807, 2.05) is 19.1 Å². The van der Waals surface area contributed by atoms with Gasteiger partial charge < -0.3 is 11.1 Å². The Morgan fingerprint density at radius 2 is 2.21 bits per heavy atom. The van der Waals surface area contributed by atoms with Crippen LogP contribution in [0.3, 0.4) is 0 Å². The van der Waals surface area contributed by atoms with Gasteiger partial charge in [-0.05, 0) is 56.7 Å². The van der Waals surface area contributed by atoms with Crippen LogP contribution < -0.4 is 11.1 Å². The van der Waals surface area contributed by atoms with Gasteiger partial charge in [-0.3, -0.25) is 4.79 Å². The number of hydrogen-bond donors (Lipinski definition) is 2. The lowest BCUT2D eigenvalue weighted by Gasteiger charge is -2.13. The molecule has 0 bridgehead atoms. The van der Waals surface area contributed by atoms with Crippen LogP contribution >= 0.6 is 0 Å². The van der Waals surface area contributed by atoms with E-state index in [1.54, 1.807) is 6.07 Å². The quantitative estimate of drug-likeness (QED) is 0.643. The van der Waals surface area contributed by atoms with Crippen molar-refractivity contribution in [3.63, 3.8) is 0 Å². The summed E-state index contributed by atoms with van der Waals surface area (Å²) in [5, 5.41) is 2.98. The Kier molecular flexibility index (Phi) is 4.61. The molecule has 0 spiro atoms. The topological polar surface area (TPSA) is 55.1 Å². The number of aryl methyl sites for hydroxylation is 1.